The lowest BCUT2D eigenvalue weighted by atomic mass is 10.1. The minimum absolute atomic E-state index is 0.138. The highest BCUT2D eigenvalue weighted by atomic mass is 16.5. The lowest BCUT2D eigenvalue weighted by molar-refractivity contribution is -0.128. The molecule has 124 valence electrons. The highest BCUT2D eigenvalue weighted by Crippen LogP contribution is 2.05. The van der Waals surface area contributed by atoms with E-state index in [0.29, 0.717) is 13.0 Å². The number of benzene rings is 1. The van der Waals surface area contributed by atoms with Gasteiger partial charge in [0.2, 0.25) is 11.8 Å². The van der Waals surface area contributed by atoms with Crippen molar-refractivity contribution in [2.45, 2.75) is 31.9 Å². The van der Waals surface area contributed by atoms with E-state index >= 15 is 0 Å². The quantitative estimate of drug-likeness (QED) is 0.744. The van der Waals surface area contributed by atoms with Crippen molar-refractivity contribution in [3.8, 4) is 0 Å². The normalized spacial score (nSPS) is 17.6. The van der Waals surface area contributed by atoms with Crippen LogP contribution in [0.4, 0.5) is 4.79 Å². The zero-order valence-corrected chi connectivity index (χ0v) is 12.8. The SMILES string of the molecule is O=C(CNC(=O)OCc1ccccc1)N[C@@H]1CCCCNC1=O. The summed E-state index contributed by atoms with van der Waals surface area (Å²) in [6, 6.07) is 8.71. The fourth-order valence-corrected chi connectivity index (χ4v) is 2.25. The van der Waals surface area contributed by atoms with E-state index in [1.165, 1.54) is 0 Å². The Kier molecular flexibility index (Phi) is 6.40. The van der Waals surface area contributed by atoms with Crippen molar-refractivity contribution in [1.29, 1.82) is 0 Å². The molecule has 7 heteroatoms. The predicted molar refractivity (Wildman–Crippen MR) is 83.4 cm³/mol. The van der Waals surface area contributed by atoms with Gasteiger partial charge in [-0.1, -0.05) is 30.3 Å². The van der Waals surface area contributed by atoms with Gasteiger partial charge >= 0.3 is 6.09 Å². The molecule has 1 saturated heterocycles. The van der Waals surface area contributed by atoms with Crippen LogP contribution in [0.25, 0.3) is 0 Å². The monoisotopic (exact) mass is 319 g/mol. The molecule has 0 saturated carbocycles. The average Bonchev–Trinajstić information content (AvgIpc) is 2.77. The van der Waals surface area contributed by atoms with Crippen molar-refractivity contribution < 1.29 is 19.1 Å². The fraction of sp³-hybridized carbons (Fsp3) is 0.438. The number of hydrogen-bond acceptors (Lipinski definition) is 4. The first-order valence-corrected chi connectivity index (χ1v) is 7.67. The van der Waals surface area contributed by atoms with Crippen LogP contribution in [0.1, 0.15) is 24.8 Å². The standard InChI is InChI=1S/C16H21N3O4/c20-14(19-13-8-4-5-9-17-15(13)21)10-18-16(22)23-11-12-6-2-1-3-7-12/h1-3,6-7,13H,4-5,8-11H2,(H,17,21)(H,18,22)(H,19,20)/t13-/m1/s1. The molecule has 1 heterocycles. The largest absolute Gasteiger partial charge is 0.445 e. The molecule has 0 bridgehead atoms. The Balaban J connectivity index is 1.67. The van der Waals surface area contributed by atoms with Crippen LogP contribution in [0.15, 0.2) is 30.3 Å². The maximum Gasteiger partial charge on any atom is 0.407 e. The Morgan fingerprint density at radius 2 is 2.00 bits per heavy atom. The van der Waals surface area contributed by atoms with E-state index < -0.39 is 18.0 Å². The predicted octanol–water partition coefficient (Wildman–Crippen LogP) is 0.698. The highest BCUT2D eigenvalue weighted by Gasteiger charge is 2.22. The molecule has 7 nitrogen and oxygen atoms in total. The number of alkyl carbamates (subject to hydrolysis) is 1. The molecular weight excluding hydrogens is 298 g/mol. The third kappa shape index (κ3) is 5.98. The van der Waals surface area contributed by atoms with Crippen molar-refractivity contribution >= 4 is 17.9 Å². The molecular formula is C16H21N3O4. The topological polar surface area (TPSA) is 96.5 Å². The minimum Gasteiger partial charge on any atom is -0.445 e. The van der Waals surface area contributed by atoms with E-state index in [9.17, 15) is 14.4 Å². The minimum atomic E-state index is -0.672. The molecule has 23 heavy (non-hydrogen) atoms. The van der Waals surface area contributed by atoms with Gasteiger partial charge in [0, 0.05) is 6.54 Å². The molecule has 1 aliphatic heterocycles. The molecule has 2 rings (SSSR count). The Hall–Kier alpha value is -2.57. The molecule has 0 aromatic heterocycles. The Morgan fingerprint density at radius 1 is 1.22 bits per heavy atom. The molecule has 0 spiro atoms. The first-order chi connectivity index (χ1) is 11.1. The van der Waals surface area contributed by atoms with Crippen LogP contribution in [0, 0.1) is 0 Å². The molecule has 1 atom stereocenters. The van der Waals surface area contributed by atoms with Gasteiger partial charge in [0.25, 0.3) is 0 Å². The number of rotatable bonds is 5. The van der Waals surface area contributed by atoms with Crippen LogP contribution < -0.4 is 16.0 Å². The van der Waals surface area contributed by atoms with Crippen molar-refractivity contribution in [3.05, 3.63) is 35.9 Å². The number of ether oxygens (including phenoxy) is 1. The number of nitrogens with one attached hydrogen (secondary N) is 3. The molecule has 3 amide bonds. The smallest absolute Gasteiger partial charge is 0.407 e. The van der Waals surface area contributed by atoms with Crippen molar-refractivity contribution in [3.63, 3.8) is 0 Å². The molecule has 0 aliphatic carbocycles. The van der Waals surface area contributed by atoms with Crippen molar-refractivity contribution in [1.82, 2.24) is 16.0 Å². The van der Waals surface area contributed by atoms with E-state index in [0.717, 1.165) is 18.4 Å². The third-order valence-electron chi connectivity index (χ3n) is 3.48. The third-order valence-corrected chi connectivity index (χ3v) is 3.48. The molecule has 1 aromatic rings. The summed E-state index contributed by atoms with van der Waals surface area (Å²) in [4.78, 5) is 35.0. The van der Waals surface area contributed by atoms with E-state index in [4.69, 9.17) is 4.74 Å². The van der Waals surface area contributed by atoms with E-state index in [1.807, 2.05) is 30.3 Å². The number of hydrogen-bond donors (Lipinski definition) is 3. The number of amides is 3. The summed E-state index contributed by atoms with van der Waals surface area (Å²) in [6.45, 7) is 0.548. The maximum absolute atomic E-state index is 11.8. The molecule has 1 aliphatic rings. The zero-order valence-electron chi connectivity index (χ0n) is 12.8. The summed E-state index contributed by atoms with van der Waals surface area (Å²) in [5, 5.41) is 7.72. The second-order valence-corrected chi connectivity index (χ2v) is 5.32. The van der Waals surface area contributed by atoms with Gasteiger partial charge in [-0.15, -0.1) is 0 Å². The van der Waals surface area contributed by atoms with Gasteiger partial charge in [-0.3, -0.25) is 9.59 Å². The van der Waals surface area contributed by atoms with Gasteiger partial charge in [0.15, 0.2) is 0 Å². The van der Waals surface area contributed by atoms with Crippen LogP contribution in [-0.4, -0.2) is 37.0 Å². The highest BCUT2D eigenvalue weighted by molar-refractivity contribution is 5.89. The number of carbonyl (C=O) groups excluding carboxylic acids is 3. The van der Waals surface area contributed by atoms with Crippen LogP contribution >= 0.6 is 0 Å². The molecule has 0 unspecified atom stereocenters. The van der Waals surface area contributed by atoms with Crippen LogP contribution in [0.5, 0.6) is 0 Å². The summed E-state index contributed by atoms with van der Waals surface area (Å²) in [5.41, 5.74) is 0.863. The molecule has 1 aromatic carbocycles. The summed E-state index contributed by atoms with van der Waals surface area (Å²) >= 11 is 0. The van der Waals surface area contributed by atoms with Gasteiger partial charge in [0.1, 0.15) is 19.2 Å². The maximum atomic E-state index is 11.8. The van der Waals surface area contributed by atoms with Gasteiger partial charge in [-0.05, 0) is 24.8 Å². The lowest BCUT2D eigenvalue weighted by Crippen LogP contribution is -2.48. The molecule has 3 N–H and O–H groups in total. The van der Waals surface area contributed by atoms with Crippen molar-refractivity contribution in [2.24, 2.45) is 0 Å². The Labute approximate surface area is 134 Å². The lowest BCUT2D eigenvalue weighted by Gasteiger charge is -2.15. The molecule has 1 fully saturated rings. The van der Waals surface area contributed by atoms with Crippen molar-refractivity contribution in [2.75, 3.05) is 13.1 Å². The van der Waals surface area contributed by atoms with Gasteiger partial charge < -0.3 is 20.7 Å². The van der Waals surface area contributed by atoms with Crippen LogP contribution in [0.2, 0.25) is 0 Å². The molecule has 0 radical (unpaired) electrons. The Bertz CT molecular complexity index is 548. The van der Waals surface area contributed by atoms with E-state index in [1.54, 1.807) is 0 Å². The van der Waals surface area contributed by atoms with Gasteiger partial charge in [0.05, 0.1) is 0 Å². The summed E-state index contributed by atoms with van der Waals surface area (Å²) in [7, 11) is 0. The second kappa shape index (κ2) is 8.77. The van der Waals surface area contributed by atoms with Gasteiger partial charge in [-0.2, -0.15) is 0 Å². The zero-order chi connectivity index (χ0) is 16.5. The summed E-state index contributed by atoms with van der Waals surface area (Å²) in [6.07, 6.45) is 1.71. The first kappa shape index (κ1) is 16.8. The van der Waals surface area contributed by atoms with E-state index in [-0.39, 0.29) is 19.1 Å². The summed E-state index contributed by atoms with van der Waals surface area (Å²) < 4.78 is 5.00. The van der Waals surface area contributed by atoms with Gasteiger partial charge in [-0.25, -0.2) is 4.79 Å². The Morgan fingerprint density at radius 3 is 2.78 bits per heavy atom. The average molecular weight is 319 g/mol. The fourth-order valence-electron chi connectivity index (χ4n) is 2.25. The van der Waals surface area contributed by atoms with E-state index in [2.05, 4.69) is 16.0 Å². The first-order valence-electron chi connectivity index (χ1n) is 7.67. The van der Waals surface area contributed by atoms with Crippen LogP contribution in [-0.2, 0) is 20.9 Å². The summed E-state index contributed by atoms with van der Waals surface area (Å²) in [5.74, 6) is -0.591. The second-order valence-electron chi connectivity index (χ2n) is 5.32. The number of carbonyl (C=O) groups is 3. The van der Waals surface area contributed by atoms with Crippen LogP contribution in [0.3, 0.4) is 0 Å².